The first-order valence-electron chi connectivity index (χ1n) is 8.80. The number of amides is 1. The molecule has 1 heterocycles. The Labute approximate surface area is 159 Å². The van der Waals surface area contributed by atoms with Gasteiger partial charge >= 0.3 is 0 Å². The van der Waals surface area contributed by atoms with Crippen molar-refractivity contribution < 1.29 is 9.18 Å². The van der Waals surface area contributed by atoms with Gasteiger partial charge in [0.15, 0.2) is 0 Å². The molecule has 0 spiro atoms. The fourth-order valence-electron chi connectivity index (χ4n) is 3.71. The second-order valence-corrected chi connectivity index (χ2v) is 7.87. The van der Waals surface area contributed by atoms with E-state index >= 15 is 0 Å². The zero-order valence-electron chi connectivity index (χ0n) is 15.3. The van der Waals surface area contributed by atoms with Crippen molar-refractivity contribution in [2.24, 2.45) is 0 Å². The monoisotopic (exact) mass is 374 g/mol. The molecular weight excluding hydrogens is 351 g/mol. The van der Waals surface area contributed by atoms with Crippen LogP contribution in [0.4, 0.5) is 4.39 Å². The normalized spacial score (nSPS) is 20.2. The molecule has 1 amide bonds. The average Bonchev–Trinajstić information content (AvgIpc) is 3.10. The Morgan fingerprint density at radius 1 is 1.19 bits per heavy atom. The van der Waals surface area contributed by atoms with Crippen LogP contribution in [-0.4, -0.2) is 37.0 Å². The van der Waals surface area contributed by atoms with Crippen molar-refractivity contribution in [3.63, 3.8) is 0 Å². The van der Waals surface area contributed by atoms with Crippen LogP contribution in [0.5, 0.6) is 0 Å². The molecule has 1 saturated heterocycles. The number of hydrogen-bond donors (Lipinski definition) is 1. The maximum Gasteiger partial charge on any atom is 0.232 e. The smallest absolute Gasteiger partial charge is 0.232 e. The van der Waals surface area contributed by atoms with E-state index in [1.807, 2.05) is 44.0 Å². The van der Waals surface area contributed by atoms with Gasteiger partial charge in [0.1, 0.15) is 5.82 Å². The SMILES string of the molecule is CN(C(=O)C(C)(C)c1cccc(Cl)c1)[C@@H]1CNC[C@H]1c1ccc(F)cc1. The van der Waals surface area contributed by atoms with E-state index in [1.54, 1.807) is 18.2 Å². The van der Waals surface area contributed by atoms with Crippen molar-refractivity contribution in [3.05, 3.63) is 70.5 Å². The molecule has 0 radical (unpaired) electrons. The Morgan fingerprint density at radius 2 is 1.88 bits per heavy atom. The van der Waals surface area contributed by atoms with Gasteiger partial charge in [0, 0.05) is 31.1 Å². The molecule has 2 aromatic carbocycles. The minimum Gasteiger partial charge on any atom is -0.340 e. The van der Waals surface area contributed by atoms with Crippen molar-refractivity contribution in [3.8, 4) is 0 Å². The summed E-state index contributed by atoms with van der Waals surface area (Å²) in [5.74, 6) is -0.0666. The summed E-state index contributed by atoms with van der Waals surface area (Å²) in [6.07, 6.45) is 0. The molecule has 3 nitrogen and oxygen atoms in total. The molecular formula is C21H24ClFN2O. The van der Waals surface area contributed by atoms with Crippen LogP contribution < -0.4 is 5.32 Å². The van der Waals surface area contributed by atoms with Crippen LogP contribution in [0.2, 0.25) is 5.02 Å². The van der Waals surface area contributed by atoms with Crippen LogP contribution >= 0.6 is 11.6 Å². The van der Waals surface area contributed by atoms with Crippen molar-refractivity contribution in [1.29, 1.82) is 0 Å². The fourth-order valence-corrected chi connectivity index (χ4v) is 3.90. The molecule has 138 valence electrons. The number of benzene rings is 2. The molecule has 3 rings (SSSR count). The van der Waals surface area contributed by atoms with E-state index in [9.17, 15) is 9.18 Å². The van der Waals surface area contributed by atoms with Gasteiger partial charge in [0.05, 0.1) is 11.5 Å². The van der Waals surface area contributed by atoms with Gasteiger partial charge in [-0.15, -0.1) is 0 Å². The van der Waals surface area contributed by atoms with Gasteiger partial charge < -0.3 is 10.2 Å². The van der Waals surface area contributed by atoms with Crippen LogP contribution in [0.25, 0.3) is 0 Å². The zero-order valence-corrected chi connectivity index (χ0v) is 16.1. The maximum atomic E-state index is 13.3. The molecule has 2 aromatic rings. The number of carbonyl (C=O) groups is 1. The van der Waals surface area contributed by atoms with Gasteiger partial charge in [-0.25, -0.2) is 4.39 Å². The van der Waals surface area contributed by atoms with Crippen LogP contribution in [-0.2, 0) is 10.2 Å². The number of likely N-dealkylation sites (N-methyl/N-ethyl adjacent to an activating group) is 1. The van der Waals surface area contributed by atoms with E-state index in [4.69, 9.17) is 11.6 Å². The van der Waals surface area contributed by atoms with Crippen molar-refractivity contribution in [1.82, 2.24) is 10.2 Å². The van der Waals surface area contributed by atoms with Gasteiger partial charge in [-0.2, -0.15) is 0 Å². The highest BCUT2D eigenvalue weighted by Crippen LogP contribution is 2.32. The summed E-state index contributed by atoms with van der Waals surface area (Å²) in [5, 5.41) is 3.99. The lowest BCUT2D eigenvalue weighted by Gasteiger charge is -2.36. The highest BCUT2D eigenvalue weighted by Gasteiger charge is 2.39. The Hall–Kier alpha value is -1.91. The number of nitrogens with zero attached hydrogens (tertiary/aromatic N) is 1. The molecule has 0 aliphatic carbocycles. The predicted molar refractivity (Wildman–Crippen MR) is 103 cm³/mol. The summed E-state index contributed by atoms with van der Waals surface area (Å²) >= 11 is 6.11. The third kappa shape index (κ3) is 3.62. The van der Waals surface area contributed by atoms with E-state index in [1.165, 1.54) is 12.1 Å². The molecule has 5 heteroatoms. The number of carbonyl (C=O) groups excluding carboxylic acids is 1. The Bertz CT molecular complexity index is 791. The summed E-state index contributed by atoms with van der Waals surface area (Å²) in [4.78, 5) is 15.1. The zero-order chi connectivity index (χ0) is 18.9. The predicted octanol–water partition coefficient (Wildman–Crippen LogP) is 3.97. The first-order valence-corrected chi connectivity index (χ1v) is 9.18. The van der Waals surface area contributed by atoms with Gasteiger partial charge in [-0.05, 0) is 49.2 Å². The molecule has 1 aliphatic rings. The summed E-state index contributed by atoms with van der Waals surface area (Å²) < 4.78 is 13.2. The third-order valence-electron chi connectivity index (χ3n) is 5.38. The topological polar surface area (TPSA) is 32.3 Å². The number of nitrogens with one attached hydrogen (secondary N) is 1. The second kappa shape index (κ2) is 7.37. The lowest BCUT2D eigenvalue weighted by Crippen LogP contribution is -2.48. The summed E-state index contributed by atoms with van der Waals surface area (Å²) in [5.41, 5.74) is 1.25. The van der Waals surface area contributed by atoms with Gasteiger partial charge in [0.2, 0.25) is 5.91 Å². The standard InChI is InChI=1S/C21H24ClFN2O/c1-21(2,15-5-4-6-16(22)11-15)20(26)25(3)19-13-24-12-18(19)14-7-9-17(23)10-8-14/h4-11,18-19,24H,12-13H2,1-3H3/t18-,19+/m0/s1. The summed E-state index contributed by atoms with van der Waals surface area (Å²) in [7, 11) is 1.85. The van der Waals surface area contributed by atoms with Crippen LogP contribution in [0.1, 0.15) is 30.9 Å². The summed E-state index contributed by atoms with van der Waals surface area (Å²) in [6, 6.07) is 14.0. The fraction of sp³-hybridized carbons (Fsp3) is 0.381. The van der Waals surface area contributed by atoms with E-state index in [0.29, 0.717) is 5.02 Å². The first kappa shape index (κ1) is 18.9. The minimum atomic E-state index is -0.685. The molecule has 26 heavy (non-hydrogen) atoms. The molecule has 0 aromatic heterocycles. The van der Waals surface area contributed by atoms with Gasteiger partial charge in [-0.1, -0.05) is 35.9 Å². The quantitative estimate of drug-likeness (QED) is 0.878. The van der Waals surface area contributed by atoms with Crippen LogP contribution in [0.15, 0.2) is 48.5 Å². The molecule has 1 aliphatic heterocycles. The van der Waals surface area contributed by atoms with Crippen LogP contribution in [0.3, 0.4) is 0 Å². The molecule has 0 unspecified atom stereocenters. The third-order valence-corrected chi connectivity index (χ3v) is 5.61. The van der Waals surface area contributed by atoms with Crippen molar-refractivity contribution >= 4 is 17.5 Å². The second-order valence-electron chi connectivity index (χ2n) is 7.44. The highest BCUT2D eigenvalue weighted by molar-refractivity contribution is 6.30. The maximum absolute atomic E-state index is 13.3. The summed E-state index contributed by atoms with van der Waals surface area (Å²) in [6.45, 7) is 5.33. The highest BCUT2D eigenvalue weighted by atomic mass is 35.5. The lowest BCUT2D eigenvalue weighted by atomic mass is 9.82. The lowest BCUT2D eigenvalue weighted by molar-refractivity contribution is -0.137. The molecule has 0 saturated carbocycles. The first-order chi connectivity index (χ1) is 12.3. The molecule has 2 atom stereocenters. The van der Waals surface area contributed by atoms with Crippen LogP contribution in [0, 0.1) is 5.82 Å². The van der Waals surface area contributed by atoms with Crippen molar-refractivity contribution in [2.75, 3.05) is 20.1 Å². The Morgan fingerprint density at radius 3 is 2.54 bits per heavy atom. The van der Waals surface area contributed by atoms with E-state index in [0.717, 1.165) is 24.2 Å². The molecule has 1 fully saturated rings. The van der Waals surface area contributed by atoms with E-state index in [-0.39, 0.29) is 23.7 Å². The largest absolute Gasteiger partial charge is 0.340 e. The van der Waals surface area contributed by atoms with Crippen molar-refractivity contribution in [2.45, 2.75) is 31.2 Å². The van der Waals surface area contributed by atoms with E-state index < -0.39 is 5.41 Å². The Kier molecular flexibility index (Phi) is 5.35. The molecule has 1 N–H and O–H groups in total. The number of rotatable bonds is 4. The van der Waals surface area contributed by atoms with E-state index in [2.05, 4.69) is 5.32 Å². The molecule has 0 bridgehead atoms. The van der Waals surface area contributed by atoms with Gasteiger partial charge in [0.25, 0.3) is 0 Å². The minimum absolute atomic E-state index is 0.0198. The number of halogens is 2. The average molecular weight is 375 g/mol. The Balaban J connectivity index is 1.83. The number of hydrogen-bond acceptors (Lipinski definition) is 2. The van der Waals surface area contributed by atoms with Gasteiger partial charge in [-0.3, -0.25) is 4.79 Å².